The molecule has 0 saturated heterocycles. The first-order valence-corrected chi connectivity index (χ1v) is 6.12. The highest BCUT2D eigenvalue weighted by Gasteiger charge is 2.22. The fourth-order valence-corrected chi connectivity index (χ4v) is 1.92. The first-order valence-electron chi connectivity index (χ1n) is 3.81. The fraction of sp³-hybridized carbons (Fsp3) is 0.250. The number of hydrogen-bond acceptors (Lipinski definition) is 2. The molecule has 1 unspecified atom stereocenters. The lowest BCUT2D eigenvalue weighted by Gasteiger charge is -2.06. The summed E-state index contributed by atoms with van der Waals surface area (Å²) in [5, 5.41) is 0. The summed E-state index contributed by atoms with van der Waals surface area (Å²) in [6, 6.07) is 1.26. The van der Waals surface area contributed by atoms with Crippen LogP contribution in [-0.4, -0.2) is 8.42 Å². The zero-order chi connectivity index (χ0) is 11.8. The molecule has 0 heterocycles. The summed E-state index contributed by atoms with van der Waals surface area (Å²) in [4.78, 5) is -1.05. The molecule has 1 aromatic rings. The molecule has 0 spiro atoms. The van der Waals surface area contributed by atoms with Crippen LogP contribution in [0.5, 0.6) is 0 Å². The second-order valence-corrected chi connectivity index (χ2v) is 5.40. The lowest BCUT2D eigenvalue weighted by molar-refractivity contribution is 0.369. The van der Waals surface area contributed by atoms with Gasteiger partial charge in [-0.2, -0.15) is 0 Å². The Morgan fingerprint density at radius 1 is 1.33 bits per heavy atom. The summed E-state index contributed by atoms with van der Waals surface area (Å²) in [5.74, 6) is -3.05. The monoisotopic (exact) mass is 258 g/mol. The summed E-state index contributed by atoms with van der Waals surface area (Å²) >= 11 is 0. The van der Waals surface area contributed by atoms with Gasteiger partial charge in [0.05, 0.1) is 0 Å². The molecule has 1 aromatic carbocycles. The van der Waals surface area contributed by atoms with E-state index in [4.69, 9.17) is 10.7 Å². The van der Waals surface area contributed by atoms with Crippen LogP contribution in [0.4, 0.5) is 13.2 Å². The number of benzene rings is 1. The highest BCUT2D eigenvalue weighted by Crippen LogP contribution is 2.27. The molecule has 0 aliphatic rings. The van der Waals surface area contributed by atoms with Crippen molar-refractivity contribution in [1.82, 2.24) is 0 Å². The molecule has 0 radical (unpaired) electrons. The predicted octanol–water partition coefficient (Wildman–Crippen LogP) is 2.92. The van der Waals surface area contributed by atoms with Crippen molar-refractivity contribution in [1.29, 1.82) is 0 Å². The average molecular weight is 259 g/mol. The molecule has 84 valence electrons. The van der Waals surface area contributed by atoms with E-state index >= 15 is 0 Å². The van der Waals surface area contributed by atoms with Crippen LogP contribution < -0.4 is 0 Å². The maximum absolute atomic E-state index is 13.0. The average Bonchev–Trinajstić information content (AvgIpc) is 2.06. The van der Waals surface area contributed by atoms with Gasteiger partial charge in [-0.15, -0.1) is 0 Å². The SMILES string of the molecule is CC(F)c1cc(F)c(F)c(S(=O)(=O)Cl)c1. The van der Waals surface area contributed by atoms with Crippen molar-refractivity contribution in [2.24, 2.45) is 0 Å². The largest absolute Gasteiger partial charge is 0.264 e. The van der Waals surface area contributed by atoms with Crippen LogP contribution in [0.3, 0.4) is 0 Å². The van der Waals surface area contributed by atoms with Crippen LogP contribution in [0.2, 0.25) is 0 Å². The molecule has 0 saturated carbocycles. The van der Waals surface area contributed by atoms with Crippen molar-refractivity contribution in [2.45, 2.75) is 18.0 Å². The van der Waals surface area contributed by atoms with Gasteiger partial charge in [-0.1, -0.05) is 0 Å². The number of halogens is 4. The van der Waals surface area contributed by atoms with E-state index in [2.05, 4.69) is 0 Å². The number of alkyl halides is 1. The molecule has 0 amide bonds. The quantitative estimate of drug-likeness (QED) is 0.765. The third-order valence-corrected chi connectivity index (χ3v) is 3.06. The Kier molecular flexibility index (Phi) is 3.30. The van der Waals surface area contributed by atoms with Crippen LogP contribution in [0.1, 0.15) is 18.7 Å². The van der Waals surface area contributed by atoms with Crippen LogP contribution in [0, 0.1) is 11.6 Å². The Morgan fingerprint density at radius 3 is 2.27 bits per heavy atom. The minimum Gasteiger partial charge on any atom is -0.243 e. The second-order valence-electron chi connectivity index (χ2n) is 2.87. The van der Waals surface area contributed by atoms with Gasteiger partial charge in [-0.05, 0) is 24.6 Å². The van der Waals surface area contributed by atoms with Crippen molar-refractivity contribution >= 4 is 19.7 Å². The van der Waals surface area contributed by atoms with E-state index in [1.165, 1.54) is 0 Å². The standard InChI is InChI=1S/C8H6ClF3O2S/c1-4(10)5-2-6(11)8(12)7(3-5)15(9,13)14/h2-4H,1H3. The highest BCUT2D eigenvalue weighted by molar-refractivity contribution is 8.13. The Bertz CT molecular complexity index is 485. The molecule has 15 heavy (non-hydrogen) atoms. The zero-order valence-electron chi connectivity index (χ0n) is 7.47. The smallest absolute Gasteiger partial charge is 0.243 e. The lowest BCUT2D eigenvalue weighted by atomic mass is 10.1. The molecule has 0 aromatic heterocycles. The molecular formula is C8H6ClF3O2S. The zero-order valence-corrected chi connectivity index (χ0v) is 9.04. The van der Waals surface area contributed by atoms with Gasteiger partial charge in [0.2, 0.25) is 0 Å². The van der Waals surface area contributed by atoms with E-state index in [1.807, 2.05) is 0 Å². The molecule has 0 bridgehead atoms. The van der Waals surface area contributed by atoms with Gasteiger partial charge in [0.1, 0.15) is 11.1 Å². The van der Waals surface area contributed by atoms with Crippen LogP contribution in [0.15, 0.2) is 17.0 Å². The van der Waals surface area contributed by atoms with Gasteiger partial charge in [-0.25, -0.2) is 21.6 Å². The second kappa shape index (κ2) is 4.02. The maximum atomic E-state index is 13.0. The van der Waals surface area contributed by atoms with E-state index in [0.29, 0.717) is 12.1 Å². The van der Waals surface area contributed by atoms with Crippen LogP contribution >= 0.6 is 10.7 Å². The summed E-state index contributed by atoms with van der Waals surface area (Å²) in [6.45, 7) is 1.07. The third kappa shape index (κ3) is 2.63. The molecule has 1 atom stereocenters. The van der Waals surface area contributed by atoms with Crippen molar-refractivity contribution < 1.29 is 21.6 Å². The maximum Gasteiger partial charge on any atom is 0.264 e. The summed E-state index contributed by atoms with van der Waals surface area (Å²) in [6.07, 6.45) is -1.61. The van der Waals surface area contributed by atoms with Gasteiger partial charge in [-0.3, -0.25) is 0 Å². The van der Waals surface area contributed by atoms with E-state index in [0.717, 1.165) is 6.92 Å². The third-order valence-electron chi connectivity index (χ3n) is 1.74. The van der Waals surface area contributed by atoms with E-state index < -0.39 is 31.8 Å². The number of rotatable bonds is 2. The van der Waals surface area contributed by atoms with Gasteiger partial charge in [0.25, 0.3) is 9.05 Å². The van der Waals surface area contributed by atoms with Gasteiger partial charge in [0, 0.05) is 10.7 Å². The summed E-state index contributed by atoms with van der Waals surface area (Å²) < 4.78 is 60.3. The Labute approximate surface area is 89.1 Å². The van der Waals surface area contributed by atoms with Crippen molar-refractivity contribution in [3.63, 3.8) is 0 Å². The van der Waals surface area contributed by atoms with Crippen molar-refractivity contribution in [3.8, 4) is 0 Å². The Hall–Kier alpha value is -0.750. The Morgan fingerprint density at radius 2 is 1.87 bits per heavy atom. The Balaban J connectivity index is 3.52. The van der Waals surface area contributed by atoms with E-state index in [-0.39, 0.29) is 5.56 Å². The molecule has 0 aliphatic carbocycles. The molecule has 0 fully saturated rings. The predicted molar refractivity (Wildman–Crippen MR) is 48.9 cm³/mol. The molecule has 2 nitrogen and oxygen atoms in total. The van der Waals surface area contributed by atoms with Crippen molar-refractivity contribution in [3.05, 3.63) is 29.3 Å². The molecule has 1 rings (SSSR count). The van der Waals surface area contributed by atoms with Gasteiger partial charge >= 0.3 is 0 Å². The lowest BCUT2D eigenvalue weighted by Crippen LogP contribution is -2.01. The fourth-order valence-electron chi connectivity index (χ4n) is 0.991. The normalized spacial score (nSPS) is 13.9. The summed E-state index contributed by atoms with van der Waals surface area (Å²) in [5.41, 5.74) is -0.284. The summed E-state index contributed by atoms with van der Waals surface area (Å²) in [7, 11) is 0.434. The van der Waals surface area contributed by atoms with E-state index in [1.54, 1.807) is 0 Å². The highest BCUT2D eigenvalue weighted by atomic mass is 35.7. The first-order chi connectivity index (χ1) is 6.73. The molecule has 7 heteroatoms. The number of hydrogen-bond donors (Lipinski definition) is 0. The minimum absolute atomic E-state index is 0.284. The van der Waals surface area contributed by atoms with Gasteiger partial charge in [0.15, 0.2) is 11.6 Å². The topological polar surface area (TPSA) is 34.1 Å². The van der Waals surface area contributed by atoms with Crippen LogP contribution in [0.25, 0.3) is 0 Å². The van der Waals surface area contributed by atoms with Crippen LogP contribution in [-0.2, 0) is 9.05 Å². The molecular weight excluding hydrogens is 253 g/mol. The molecule has 0 N–H and O–H groups in total. The molecule has 0 aliphatic heterocycles. The van der Waals surface area contributed by atoms with E-state index in [9.17, 15) is 21.6 Å². The van der Waals surface area contributed by atoms with Crippen molar-refractivity contribution in [2.75, 3.05) is 0 Å². The first kappa shape index (κ1) is 12.3. The van der Waals surface area contributed by atoms with Gasteiger partial charge < -0.3 is 0 Å². The minimum atomic E-state index is -4.42.